The zero-order chi connectivity index (χ0) is 22.5. The van der Waals surface area contributed by atoms with Crippen LogP contribution in [0.25, 0.3) is 44.5 Å². The van der Waals surface area contributed by atoms with Crippen LogP contribution in [0, 0.1) is 0 Å². The number of hydrogen-bond donors (Lipinski definition) is 0. The molecule has 3 heterocycles. The molecule has 5 aromatic rings. The highest BCUT2D eigenvalue weighted by atomic mass is 35.5. The maximum atomic E-state index is 13.1. The third kappa shape index (κ3) is 3.39. The molecule has 0 aliphatic carbocycles. The Morgan fingerprint density at radius 3 is 2.45 bits per heavy atom. The second-order valence-electron chi connectivity index (χ2n) is 7.81. The maximum Gasteiger partial charge on any atom is 0.344 e. The number of nitrogens with zero attached hydrogens (tertiary/aromatic N) is 1. The molecule has 0 N–H and O–H groups in total. The topological polar surface area (TPSA) is 52.3 Å². The minimum Gasteiger partial charge on any atom is -0.488 e. The lowest BCUT2D eigenvalue weighted by atomic mass is 9.92. The van der Waals surface area contributed by atoms with Gasteiger partial charge in [0.1, 0.15) is 17.9 Å². The summed E-state index contributed by atoms with van der Waals surface area (Å²) in [6.07, 6.45) is 1.77. The van der Waals surface area contributed by atoms with Crippen molar-refractivity contribution in [1.29, 1.82) is 0 Å². The summed E-state index contributed by atoms with van der Waals surface area (Å²) < 4.78 is 11.6. The van der Waals surface area contributed by atoms with Crippen molar-refractivity contribution >= 4 is 34.2 Å². The van der Waals surface area contributed by atoms with E-state index in [4.69, 9.17) is 37.3 Å². The standard InChI is InChI=1S/C27H15Cl2NO3/c28-18-7-9-23-20(11-18)24(25(27(31)33-23)15-4-2-1-3-5-15)16-10-17-14-32-22-8-6-19(29)12-21(22)26(17)30-13-16/h1-13H,14H2. The van der Waals surface area contributed by atoms with E-state index in [-0.39, 0.29) is 0 Å². The molecule has 0 bridgehead atoms. The average molecular weight is 472 g/mol. The third-order valence-corrected chi connectivity index (χ3v) is 6.24. The van der Waals surface area contributed by atoms with Crippen LogP contribution < -0.4 is 10.4 Å². The summed E-state index contributed by atoms with van der Waals surface area (Å²) in [5.41, 5.74) is 5.34. The number of rotatable bonds is 2. The molecule has 0 saturated carbocycles. The first kappa shape index (κ1) is 20.0. The van der Waals surface area contributed by atoms with E-state index in [1.54, 1.807) is 24.4 Å². The maximum absolute atomic E-state index is 13.1. The normalized spacial score (nSPS) is 12.2. The Labute approximate surface area is 199 Å². The predicted molar refractivity (Wildman–Crippen MR) is 131 cm³/mol. The van der Waals surface area contributed by atoms with Crippen LogP contribution in [0.15, 0.2) is 88.2 Å². The zero-order valence-electron chi connectivity index (χ0n) is 17.1. The molecule has 160 valence electrons. The number of aromatic nitrogens is 1. The summed E-state index contributed by atoms with van der Waals surface area (Å²) in [6.45, 7) is 0.367. The Morgan fingerprint density at radius 1 is 0.818 bits per heavy atom. The highest BCUT2D eigenvalue weighted by Gasteiger charge is 2.23. The van der Waals surface area contributed by atoms with Crippen LogP contribution in [0.2, 0.25) is 10.0 Å². The molecule has 0 unspecified atom stereocenters. The number of halogens is 2. The molecule has 0 amide bonds. The van der Waals surface area contributed by atoms with Gasteiger partial charge in [-0.25, -0.2) is 4.79 Å². The molecular weight excluding hydrogens is 457 g/mol. The van der Waals surface area contributed by atoms with E-state index in [1.165, 1.54) is 0 Å². The molecule has 0 atom stereocenters. The van der Waals surface area contributed by atoms with Crippen molar-refractivity contribution in [2.75, 3.05) is 0 Å². The molecule has 6 heteroatoms. The Balaban J connectivity index is 1.65. The Morgan fingerprint density at radius 2 is 1.61 bits per heavy atom. The van der Waals surface area contributed by atoms with Gasteiger partial charge in [-0.2, -0.15) is 0 Å². The Hall–Kier alpha value is -3.60. The van der Waals surface area contributed by atoms with Gasteiger partial charge in [0.05, 0.1) is 11.3 Å². The van der Waals surface area contributed by atoms with E-state index in [0.717, 1.165) is 44.6 Å². The van der Waals surface area contributed by atoms with Gasteiger partial charge in [0.15, 0.2) is 0 Å². The lowest BCUT2D eigenvalue weighted by Gasteiger charge is -2.21. The minimum atomic E-state index is -0.419. The van der Waals surface area contributed by atoms with E-state index in [1.807, 2.05) is 54.6 Å². The second-order valence-corrected chi connectivity index (χ2v) is 8.68. The predicted octanol–water partition coefficient (Wildman–Crippen LogP) is 7.39. The van der Waals surface area contributed by atoms with Crippen LogP contribution in [0.4, 0.5) is 0 Å². The van der Waals surface area contributed by atoms with Crippen molar-refractivity contribution in [3.63, 3.8) is 0 Å². The number of benzene rings is 3. The lowest BCUT2D eigenvalue weighted by Crippen LogP contribution is -2.09. The van der Waals surface area contributed by atoms with Gasteiger partial charge in [0.25, 0.3) is 0 Å². The smallest absolute Gasteiger partial charge is 0.344 e. The molecule has 1 aliphatic heterocycles. The summed E-state index contributed by atoms with van der Waals surface area (Å²) in [4.78, 5) is 17.9. The van der Waals surface area contributed by atoms with Crippen LogP contribution in [0.1, 0.15) is 5.56 Å². The van der Waals surface area contributed by atoms with Gasteiger partial charge in [0.2, 0.25) is 0 Å². The molecular formula is C27H15Cl2NO3. The summed E-state index contributed by atoms with van der Waals surface area (Å²) in [5.74, 6) is 0.745. The first-order chi connectivity index (χ1) is 16.1. The monoisotopic (exact) mass is 471 g/mol. The van der Waals surface area contributed by atoms with Gasteiger partial charge in [0, 0.05) is 43.9 Å². The van der Waals surface area contributed by atoms with Crippen LogP contribution in [0.3, 0.4) is 0 Å². The minimum absolute atomic E-state index is 0.367. The van der Waals surface area contributed by atoms with E-state index < -0.39 is 5.63 Å². The fourth-order valence-electron chi connectivity index (χ4n) is 4.31. The van der Waals surface area contributed by atoms with E-state index in [9.17, 15) is 4.79 Å². The average Bonchev–Trinajstić information content (AvgIpc) is 2.83. The molecule has 2 aromatic heterocycles. The van der Waals surface area contributed by atoms with Crippen LogP contribution in [-0.4, -0.2) is 4.98 Å². The fourth-order valence-corrected chi connectivity index (χ4v) is 4.65. The number of ether oxygens (including phenoxy) is 1. The highest BCUT2D eigenvalue weighted by molar-refractivity contribution is 6.31. The van der Waals surface area contributed by atoms with Crippen molar-refractivity contribution in [2.24, 2.45) is 0 Å². The van der Waals surface area contributed by atoms with Crippen LogP contribution in [0.5, 0.6) is 5.75 Å². The van der Waals surface area contributed by atoms with Crippen molar-refractivity contribution in [2.45, 2.75) is 6.61 Å². The summed E-state index contributed by atoms with van der Waals surface area (Å²) in [5, 5.41) is 1.90. The number of fused-ring (bicyclic) bond motifs is 4. The summed E-state index contributed by atoms with van der Waals surface area (Å²) in [6, 6.07) is 22.2. The molecule has 0 saturated heterocycles. The Bertz CT molecular complexity index is 1610. The van der Waals surface area contributed by atoms with Gasteiger partial charge >= 0.3 is 5.63 Å². The van der Waals surface area contributed by atoms with Gasteiger partial charge in [-0.05, 0) is 48.0 Å². The number of hydrogen-bond acceptors (Lipinski definition) is 4. The lowest BCUT2D eigenvalue weighted by molar-refractivity contribution is 0.301. The van der Waals surface area contributed by atoms with E-state index in [0.29, 0.717) is 27.8 Å². The fraction of sp³-hybridized carbons (Fsp3) is 0.0370. The van der Waals surface area contributed by atoms with E-state index >= 15 is 0 Å². The quantitative estimate of drug-likeness (QED) is 0.252. The van der Waals surface area contributed by atoms with E-state index in [2.05, 4.69) is 0 Å². The Kier molecular flexibility index (Phi) is 4.72. The molecule has 0 radical (unpaired) electrons. The number of pyridine rings is 1. The highest BCUT2D eigenvalue weighted by Crippen LogP contribution is 2.41. The second kappa shape index (κ2) is 7.77. The summed E-state index contributed by atoms with van der Waals surface area (Å²) >= 11 is 12.6. The first-order valence-corrected chi connectivity index (χ1v) is 11.1. The van der Waals surface area contributed by atoms with Gasteiger partial charge in [-0.3, -0.25) is 4.98 Å². The van der Waals surface area contributed by atoms with Crippen molar-refractivity contribution in [3.05, 3.63) is 105 Å². The molecule has 33 heavy (non-hydrogen) atoms. The molecule has 6 rings (SSSR count). The SMILES string of the molecule is O=c1oc2ccc(Cl)cc2c(-c2cnc3c(c2)COc2ccc(Cl)cc2-3)c1-c1ccccc1. The molecule has 0 fully saturated rings. The van der Waals surface area contributed by atoms with Crippen molar-refractivity contribution in [1.82, 2.24) is 4.98 Å². The molecule has 0 spiro atoms. The van der Waals surface area contributed by atoms with Crippen LogP contribution >= 0.6 is 23.2 Å². The molecule has 1 aliphatic rings. The first-order valence-electron chi connectivity index (χ1n) is 10.3. The molecule has 3 aromatic carbocycles. The van der Waals surface area contributed by atoms with Gasteiger partial charge in [-0.15, -0.1) is 0 Å². The summed E-state index contributed by atoms with van der Waals surface area (Å²) in [7, 11) is 0. The van der Waals surface area contributed by atoms with Crippen molar-refractivity contribution in [3.8, 4) is 39.3 Å². The van der Waals surface area contributed by atoms with Gasteiger partial charge in [-0.1, -0.05) is 53.5 Å². The van der Waals surface area contributed by atoms with Crippen molar-refractivity contribution < 1.29 is 9.15 Å². The molecule has 4 nitrogen and oxygen atoms in total. The van der Waals surface area contributed by atoms with Crippen LogP contribution in [-0.2, 0) is 6.61 Å². The third-order valence-electron chi connectivity index (χ3n) is 5.77. The largest absolute Gasteiger partial charge is 0.488 e. The van der Waals surface area contributed by atoms with Gasteiger partial charge < -0.3 is 9.15 Å². The zero-order valence-corrected chi connectivity index (χ0v) is 18.7.